The first-order chi connectivity index (χ1) is 30.6. The first-order valence-corrected chi connectivity index (χ1v) is 23.6. The highest BCUT2D eigenvalue weighted by Crippen LogP contribution is 2.43. The quantitative estimate of drug-likeness (QED) is 0.0323. The van der Waals surface area contributed by atoms with Gasteiger partial charge in [0.25, 0.3) is 30.4 Å². The van der Waals surface area contributed by atoms with Crippen molar-refractivity contribution in [3.63, 3.8) is 0 Å². The number of rotatable bonds is 17. The molecule has 0 aliphatic heterocycles. The average Bonchev–Trinajstić information content (AvgIpc) is 3.24. The van der Waals surface area contributed by atoms with Gasteiger partial charge in [-0.25, -0.2) is 0 Å². The van der Waals surface area contributed by atoms with Crippen LogP contribution in [0.15, 0.2) is 131 Å². The van der Waals surface area contributed by atoms with Gasteiger partial charge in [-0.3, -0.25) is 13.7 Å². The van der Waals surface area contributed by atoms with Crippen LogP contribution in [-0.2, 0) is 30.4 Å². The van der Waals surface area contributed by atoms with Crippen molar-refractivity contribution in [2.24, 2.45) is 30.7 Å². The predicted octanol–water partition coefficient (Wildman–Crippen LogP) is 10.6. The summed E-state index contributed by atoms with van der Waals surface area (Å²) < 4.78 is 117. The van der Waals surface area contributed by atoms with Crippen LogP contribution in [0.1, 0.15) is 23.1 Å². The molecule has 0 amide bonds. The maximum atomic E-state index is 12.6. The Morgan fingerprint density at radius 1 is 0.554 bits per heavy atom. The second-order valence-electron chi connectivity index (χ2n) is 14.3. The molecule has 20 nitrogen and oxygen atoms in total. The van der Waals surface area contributed by atoms with E-state index in [2.05, 4.69) is 36.0 Å². The van der Waals surface area contributed by atoms with Gasteiger partial charge in [0, 0.05) is 28.9 Å². The minimum absolute atomic E-state index is 0.0720. The fourth-order valence-corrected chi connectivity index (χ4v) is 7.96. The molecule has 0 unspecified atom stereocenters. The number of methoxy groups -OCH3 is 2. The van der Waals surface area contributed by atoms with Crippen molar-refractivity contribution >= 4 is 86.6 Å². The molecule has 6 aromatic carbocycles. The maximum absolute atomic E-state index is 12.6. The van der Waals surface area contributed by atoms with Crippen LogP contribution >= 0.6 is 0 Å². The Kier molecular flexibility index (Phi) is 14.3. The lowest BCUT2D eigenvalue weighted by Crippen LogP contribution is -2.08. The average molecular weight is 948 g/mol. The van der Waals surface area contributed by atoms with Crippen LogP contribution in [0.4, 0.5) is 45.5 Å². The highest BCUT2D eigenvalue weighted by molar-refractivity contribution is 7.86. The molecule has 6 aromatic rings. The second-order valence-corrected chi connectivity index (χ2v) is 18.6. The van der Waals surface area contributed by atoms with Crippen LogP contribution in [0.2, 0.25) is 0 Å². The smallest absolute Gasteiger partial charge is 0.296 e. The lowest BCUT2D eigenvalue weighted by Gasteiger charge is -2.12. The summed E-state index contributed by atoms with van der Waals surface area (Å²) in [5.41, 5.74) is 3.12. The summed E-state index contributed by atoms with van der Waals surface area (Å²) >= 11 is 0. The molecular formula is C42H41N7O13S3. The van der Waals surface area contributed by atoms with Crippen LogP contribution in [0.3, 0.4) is 0 Å². The number of benzene rings is 6. The number of phenols is 1. The molecule has 6 rings (SSSR count). The number of nitrogens with one attached hydrogen (secondary N) is 1. The van der Waals surface area contributed by atoms with Crippen LogP contribution in [0.25, 0.3) is 10.8 Å². The number of aromatic hydroxyl groups is 1. The number of fused-ring (bicyclic) bond motifs is 1. The molecule has 340 valence electrons. The number of hydrogen-bond acceptors (Lipinski definition) is 17. The minimum atomic E-state index is -4.91. The van der Waals surface area contributed by atoms with E-state index >= 15 is 0 Å². The van der Waals surface area contributed by atoms with Crippen molar-refractivity contribution in [2.75, 3.05) is 31.9 Å². The Hall–Kier alpha value is -6.89. The largest absolute Gasteiger partial charge is 0.505 e. The number of ether oxygens (including phenoxy) is 3. The molecule has 0 radical (unpaired) electrons. The number of nitrogens with zero attached hydrogens (tertiary/aromatic N) is 6. The summed E-state index contributed by atoms with van der Waals surface area (Å²) in [5.74, 6) is -0.228. The molecule has 0 heterocycles. The summed E-state index contributed by atoms with van der Waals surface area (Å²) in [6.07, 6.45) is -0.0927. The van der Waals surface area contributed by atoms with Gasteiger partial charge in [0.2, 0.25) is 0 Å². The summed E-state index contributed by atoms with van der Waals surface area (Å²) in [5, 5.41) is 40.3. The summed E-state index contributed by atoms with van der Waals surface area (Å²) in [6.45, 7) is 4.85. The third-order valence-corrected chi connectivity index (χ3v) is 12.1. The monoisotopic (exact) mass is 947 g/mol. The van der Waals surface area contributed by atoms with Crippen LogP contribution in [0, 0.1) is 20.8 Å². The van der Waals surface area contributed by atoms with Crippen LogP contribution in [0.5, 0.6) is 23.0 Å². The van der Waals surface area contributed by atoms with Gasteiger partial charge in [-0.15, -0.1) is 15.3 Å². The zero-order valence-electron chi connectivity index (χ0n) is 35.2. The first-order valence-electron chi connectivity index (χ1n) is 19.1. The number of aryl methyl sites for hydroxylation is 3. The molecule has 0 aliphatic carbocycles. The minimum Gasteiger partial charge on any atom is -0.505 e. The van der Waals surface area contributed by atoms with Crippen molar-refractivity contribution in [2.45, 2.75) is 37.0 Å². The second kappa shape index (κ2) is 19.5. The fraction of sp³-hybridized carbons (Fsp3) is 0.190. The highest BCUT2D eigenvalue weighted by Gasteiger charge is 2.23. The van der Waals surface area contributed by atoms with Gasteiger partial charge in [0.15, 0.2) is 5.75 Å². The van der Waals surface area contributed by atoms with E-state index in [9.17, 15) is 44.0 Å². The molecular weight excluding hydrogens is 907 g/mol. The zero-order chi connectivity index (χ0) is 47.3. The Morgan fingerprint density at radius 3 is 1.66 bits per heavy atom. The lowest BCUT2D eigenvalue weighted by molar-refractivity contribution is 0.317. The Bertz CT molecular complexity index is 3240. The number of azo groups is 3. The molecule has 0 aliphatic rings. The van der Waals surface area contributed by atoms with Gasteiger partial charge in [0.05, 0.1) is 43.6 Å². The lowest BCUT2D eigenvalue weighted by atomic mass is 10.1. The topological polar surface area (TPSA) is 297 Å². The molecule has 0 atom stereocenters. The Labute approximate surface area is 373 Å². The SMILES string of the molecule is COc1ccc(Nc2ccc3c(O)c(N=Nc4cc(C)c(N=Nc5cc(C)c(N=Nc6ccc(OC)cc6S(=O)(=O)O)cc5OCCCS(=O)(=O)O)cc4C)c(S(=O)(=O)O)cc3c2)cc1. The van der Waals surface area contributed by atoms with Crippen molar-refractivity contribution < 1.29 is 58.2 Å². The molecule has 23 heteroatoms. The van der Waals surface area contributed by atoms with Gasteiger partial charge in [-0.2, -0.15) is 40.6 Å². The first kappa shape index (κ1) is 47.6. The predicted molar refractivity (Wildman–Crippen MR) is 241 cm³/mol. The van der Waals surface area contributed by atoms with E-state index < -0.39 is 57.3 Å². The number of hydrogen-bond donors (Lipinski definition) is 5. The molecule has 0 spiro atoms. The van der Waals surface area contributed by atoms with E-state index in [1.807, 2.05) is 0 Å². The normalized spacial score (nSPS) is 12.4. The van der Waals surface area contributed by atoms with E-state index in [1.54, 1.807) is 88.5 Å². The van der Waals surface area contributed by atoms with E-state index in [4.69, 9.17) is 14.2 Å². The standard InChI is InChI=1S/C42H41N7O13S3/c1-24-18-35(47-49-41-40(65(57,58)59)21-27-20-29(9-13-32(27)42(41)50)43-28-7-10-30(60-4)11-8-28)25(2)17-34(24)45-48-37-19-26(3)36(23-38(37)62-15-6-16-63(51,52)53)46-44-33-14-12-31(61-5)22-39(33)64(54,55)56/h7-14,17-23,43,50H,6,15-16H2,1-5H3,(H,51,52,53)(H,54,55,56)(H,57,58,59). The van der Waals surface area contributed by atoms with Gasteiger partial charge in [-0.05, 0) is 128 Å². The van der Waals surface area contributed by atoms with Crippen molar-refractivity contribution in [1.29, 1.82) is 0 Å². The molecule has 0 aromatic heterocycles. The molecule has 5 N–H and O–H groups in total. The summed E-state index contributed by atoms with van der Waals surface area (Å²) in [4.78, 5) is -1.22. The maximum Gasteiger partial charge on any atom is 0.296 e. The van der Waals surface area contributed by atoms with Crippen molar-refractivity contribution in [3.8, 4) is 23.0 Å². The third-order valence-electron chi connectivity index (χ3n) is 9.54. The number of phenolic OH excluding ortho intramolecular Hbond substituents is 1. The summed E-state index contributed by atoms with van der Waals surface area (Å²) in [7, 11) is -11.0. The molecule has 0 saturated heterocycles. The Morgan fingerprint density at radius 2 is 1.08 bits per heavy atom. The van der Waals surface area contributed by atoms with Crippen molar-refractivity contribution in [3.05, 3.63) is 108 Å². The molecule has 0 bridgehead atoms. The number of anilines is 2. The summed E-state index contributed by atoms with van der Waals surface area (Å²) in [6, 6.07) is 23.1. The van der Waals surface area contributed by atoms with Gasteiger partial charge < -0.3 is 24.6 Å². The molecule has 65 heavy (non-hydrogen) atoms. The van der Waals surface area contributed by atoms with Gasteiger partial charge in [-0.1, -0.05) is 0 Å². The molecule has 0 fully saturated rings. The van der Waals surface area contributed by atoms with Gasteiger partial charge >= 0.3 is 0 Å². The third kappa shape index (κ3) is 12.0. The zero-order valence-corrected chi connectivity index (χ0v) is 37.6. The van der Waals surface area contributed by atoms with Gasteiger partial charge in [0.1, 0.15) is 44.1 Å². The highest BCUT2D eigenvalue weighted by atomic mass is 32.2. The fourth-order valence-electron chi connectivity index (χ4n) is 6.18. The van der Waals surface area contributed by atoms with E-state index in [-0.39, 0.29) is 58.0 Å². The van der Waals surface area contributed by atoms with E-state index in [1.165, 1.54) is 31.4 Å². The molecule has 0 saturated carbocycles. The van der Waals surface area contributed by atoms with E-state index in [0.717, 1.165) is 11.8 Å². The van der Waals surface area contributed by atoms with E-state index in [0.29, 0.717) is 33.8 Å². The van der Waals surface area contributed by atoms with Crippen LogP contribution < -0.4 is 19.5 Å². The van der Waals surface area contributed by atoms with Crippen molar-refractivity contribution in [1.82, 2.24) is 0 Å². The Balaban J connectivity index is 1.30. The van der Waals surface area contributed by atoms with Crippen LogP contribution in [-0.4, -0.2) is 70.6 Å².